The van der Waals surface area contributed by atoms with Crippen LogP contribution >= 0.6 is 7.92 Å². The summed E-state index contributed by atoms with van der Waals surface area (Å²) in [5, 5.41) is 0. The van der Waals surface area contributed by atoms with Gasteiger partial charge in [0.15, 0.2) is 0 Å². The fourth-order valence-corrected chi connectivity index (χ4v) is 9.71. The summed E-state index contributed by atoms with van der Waals surface area (Å²) in [7, 11) is 0.390. The van der Waals surface area contributed by atoms with Gasteiger partial charge in [0.05, 0.1) is 0 Å². The van der Waals surface area contributed by atoms with Gasteiger partial charge < -0.3 is 0 Å². The molecule has 0 atom stereocenters. The van der Waals surface area contributed by atoms with E-state index in [-0.39, 0.29) is 0 Å². The third-order valence-corrected chi connectivity index (χ3v) is 10.1. The van der Waals surface area contributed by atoms with Crippen molar-refractivity contribution in [2.24, 2.45) is 0 Å². The van der Waals surface area contributed by atoms with Crippen molar-refractivity contribution in [1.82, 2.24) is 0 Å². The van der Waals surface area contributed by atoms with Crippen LogP contribution in [0.15, 0.2) is 0 Å². The van der Waals surface area contributed by atoms with Crippen LogP contribution in [0.4, 0.5) is 0 Å². The van der Waals surface area contributed by atoms with Crippen LogP contribution < -0.4 is 0 Å². The van der Waals surface area contributed by atoms with Gasteiger partial charge in [0.25, 0.3) is 0 Å². The van der Waals surface area contributed by atoms with E-state index < -0.39 is 0 Å². The highest BCUT2D eigenvalue weighted by atomic mass is 31.1. The first-order valence-electron chi connectivity index (χ1n) is 9.22. The van der Waals surface area contributed by atoms with Gasteiger partial charge in [-0.05, 0) is 55.5 Å². The fourth-order valence-electron chi connectivity index (χ4n) is 5.03. The zero-order valence-corrected chi connectivity index (χ0v) is 13.7. The molecule has 3 saturated carbocycles. The van der Waals surface area contributed by atoms with Crippen LogP contribution in [0, 0.1) is 0 Å². The Bertz CT molecular complexity index is 226. The molecule has 3 aliphatic carbocycles. The van der Waals surface area contributed by atoms with E-state index in [9.17, 15) is 0 Å². The molecule has 0 aromatic rings. The summed E-state index contributed by atoms with van der Waals surface area (Å²) < 4.78 is 0. The lowest BCUT2D eigenvalue weighted by molar-refractivity contribution is 0.505. The lowest BCUT2D eigenvalue weighted by atomic mass is 10.0. The molecule has 3 aliphatic rings. The molecule has 0 aliphatic heterocycles. The molecule has 0 amide bonds. The third-order valence-electron chi connectivity index (χ3n) is 5.99. The molecule has 110 valence electrons. The second-order valence-electron chi connectivity index (χ2n) is 7.32. The highest BCUT2D eigenvalue weighted by Crippen LogP contribution is 2.62. The molecule has 0 aromatic heterocycles. The second-order valence-corrected chi connectivity index (χ2v) is 10.4. The summed E-state index contributed by atoms with van der Waals surface area (Å²) in [4.78, 5) is 0. The molecule has 0 unspecified atom stereocenters. The number of rotatable bonds is 3. The monoisotopic (exact) mass is 280 g/mol. The van der Waals surface area contributed by atoms with Crippen LogP contribution in [0.5, 0.6) is 0 Å². The van der Waals surface area contributed by atoms with Gasteiger partial charge in [-0.1, -0.05) is 65.7 Å². The van der Waals surface area contributed by atoms with E-state index >= 15 is 0 Å². The summed E-state index contributed by atoms with van der Waals surface area (Å²) in [5.74, 6) is 0. The molecule has 0 aromatic carbocycles. The average Bonchev–Trinajstić information content (AvgIpc) is 3.06. The van der Waals surface area contributed by atoms with Gasteiger partial charge in [0.1, 0.15) is 0 Å². The largest absolute Gasteiger partial charge is 0.0971 e. The molecule has 0 heterocycles. The van der Waals surface area contributed by atoms with E-state index in [0.717, 1.165) is 0 Å². The molecule has 0 N–H and O–H groups in total. The van der Waals surface area contributed by atoms with Gasteiger partial charge >= 0.3 is 0 Å². The third kappa shape index (κ3) is 3.75. The summed E-state index contributed by atoms with van der Waals surface area (Å²) in [6.07, 6.45) is 23.6. The van der Waals surface area contributed by atoms with Crippen LogP contribution in [0.25, 0.3) is 0 Å². The Morgan fingerprint density at radius 3 is 1.00 bits per heavy atom. The zero-order chi connectivity index (χ0) is 12.9. The molecular formula is C18H33P. The van der Waals surface area contributed by atoms with Crippen molar-refractivity contribution in [2.45, 2.75) is 113 Å². The summed E-state index contributed by atoms with van der Waals surface area (Å²) >= 11 is 0. The molecule has 3 fully saturated rings. The molecule has 0 bridgehead atoms. The molecular weight excluding hydrogens is 247 g/mol. The highest BCUT2D eigenvalue weighted by Gasteiger charge is 2.37. The lowest BCUT2D eigenvalue weighted by Gasteiger charge is -2.38. The van der Waals surface area contributed by atoms with Crippen molar-refractivity contribution in [3.63, 3.8) is 0 Å². The minimum absolute atomic E-state index is 0.390. The lowest BCUT2D eigenvalue weighted by Crippen LogP contribution is -2.21. The predicted octanol–water partition coefficient (Wildman–Crippen LogP) is 6.47. The molecule has 19 heavy (non-hydrogen) atoms. The molecule has 1 heteroatoms. The maximum atomic E-state index is 1.61. The normalized spacial score (nSPS) is 28.9. The Kier molecular flexibility index (Phi) is 5.63. The van der Waals surface area contributed by atoms with E-state index in [4.69, 9.17) is 0 Å². The zero-order valence-electron chi connectivity index (χ0n) is 12.8. The van der Waals surface area contributed by atoms with Crippen molar-refractivity contribution >= 4 is 7.92 Å². The predicted molar refractivity (Wildman–Crippen MR) is 87.5 cm³/mol. The maximum Gasteiger partial charge on any atom is -0.0204 e. The van der Waals surface area contributed by atoms with Crippen molar-refractivity contribution in [2.75, 3.05) is 0 Å². The first-order chi connectivity index (χ1) is 9.45. The van der Waals surface area contributed by atoms with Crippen molar-refractivity contribution in [3.8, 4) is 0 Å². The highest BCUT2D eigenvalue weighted by molar-refractivity contribution is 7.60. The van der Waals surface area contributed by atoms with E-state index in [1.54, 1.807) is 77.0 Å². The van der Waals surface area contributed by atoms with E-state index in [1.807, 2.05) is 0 Å². The first kappa shape index (κ1) is 14.4. The van der Waals surface area contributed by atoms with Crippen molar-refractivity contribution in [1.29, 1.82) is 0 Å². The summed E-state index contributed by atoms with van der Waals surface area (Å²) in [6.45, 7) is 0. The van der Waals surface area contributed by atoms with Gasteiger partial charge in [0, 0.05) is 0 Å². The Morgan fingerprint density at radius 1 is 0.368 bits per heavy atom. The van der Waals surface area contributed by atoms with E-state index in [0.29, 0.717) is 7.92 Å². The topological polar surface area (TPSA) is 0 Å². The van der Waals surface area contributed by atoms with Crippen LogP contribution in [0.3, 0.4) is 0 Å². The Balaban J connectivity index is 1.68. The molecule has 0 radical (unpaired) electrons. The SMILES string of the molecule is C1CCCC(P(C2CCCC2)C2CCCC2)CCC1. The molecule has 0 nitrogen and oxygen atoms in total. The molecule has 0 saturated heterocycles. The number of hydrogen-bond donors (Lipinski definition) is 0. The van der Waals surface area contributed by atoms with Gasteiger partial charge in [-0.2, -0.15) is 0 Å². The minimum Gasteiger partial charge on any atom is -0.0971 e. The first-order valence-corrected chi connectivity index (χ1v) is 10.8. The second kappa shape index (κ2) is 7.44. The van der Waals surface area contributed by atoms with Crippen molar-refractivity contribution in [3.05, 3.63) is 0 Å². The Labute approximate surface area is 121 Å². The Hall–Kier alpha value is 0.430. The van der Waals surface area contributed by atoms with Crippen molar-refractivity contribution < 1.29 is 0 Å². The minimum atomic E-state index is 0.390. The van der Waals surface area contributed by atoms with Gasteiger partial charge in [-0.25, -0.2) is 0 Å². The average molecular weight is 280 g/mol. The van der Waals surface area contributed by atoms with Gasteiger partial charge in [-0.15, -0.1) is 0 Å². The quantitative estimate of drug-likeness (QED) is 0.520. The Morgan fingerprint density at radius 2 is 0.632 bits per heavy atom. The fraction of sp³-hybridized carbons (Fsp3) is 1.00. The van der Waals surface area contributed by atoms with Gasteiger partial charge in [-0.3, -0.25) is 0 Å². The molecule has 0 spiro atoms. The summed E-state index contributed by atoms with van der Waals surface area (Å²) in [6, 6.07) is 0. The maximum absolute atomic E-state index is 1.61. The summed E-state index contributed by atoms with van der Waals surface area (Å²) in [5.41, 5.74) is 3.58. The van der Waals surface area contributed by atoms with Crippen LogP contribution in [0.1, 0.15) is 96.3 Å². The van der Waals surface area contributed by atoms with E-state index in [2.05, 4.69) is 0 Å². The van der Waals surface area contributed by atoms with Crippen LogP contribution in [-0.2, 0) is 0 Å². The molecule has 3 rings (SSSR count). The standard InChI is InChI=1S/C18H33P/c1-2-4-10-16(11-5-3-1)19(17-12-6-7-13-17)18-14-8-9-15-18/h16-18H,1-15H2. The number of hydrogen-bond acceptors (Lipinski definition) is 0. The smallest absolute Gasteiger partial charge is 0.0204 e. The van der Waals surface area contributed by atoms with E-state index in [1.165, 1.54) is 36.2 Å². The van der Waals surface area contributed by atoms with Gasteiger partial charge in [0.2, 0.25) is 0 Å². The van der Waals surface area contributed by atoms with Crippen LogP contribution in [0.2, 0.25) is 0 Å². The van der Waals surface area contributed by atoms with Crippen LogP contribution in [-0.4, -0.2) is 17.0 Å².